The summed E-state index contributed by atoms with van der Waals surface area (Å²) in [4.78, 5) is 31.1. The summed E-state index contributed by atoms with van der Waals surface area (Å²) in [6.07, 6.45) is 1.35. The molecule has 23 heavy (non-hydrogen) atoms. The van der Waals surface area contributed by atoms with Crippen molar-refractivity contribution in [3.8, 4) is 5.75 Å². The van der Waals surface area contributed by atoms with Crippen molar-refractivity contribution >= 4 is 11.9 Å². The molecule has 0 saturated carbocycles. The molecule has 3 N–H and O–H groups in total. The Labute approximate surface area is 131 Å². The second-order valence-electron chi connectivity index (χ2n) is 5.23. The molecule has 0 aliphatic carbocycles. The van der Waals surface area contributed by atoms with Gasteiger partial charge < -0.3 is 24.8 Å². The minimum Gasteiger partial charge on any atom is -0.486 e. The number of β-amino-alcohol motifs (C(OH)–C–C–N with tert-alkyl or cyclic N) is 1. The highest BCUT2D eigenvalue weighted by Crippen LogP contribution is 2.21. The Balaban J connectivity index is 1.69. The Morgan fingerprint density at radius 1 is 1.35 bits per heavy atom. The van der Waals surface area contributed by atoms with Crippen LogP contribution in [0.25, 0.3) is 0 Å². The molecular formula is C15H15N3O5. The van der Waals surface area contributed by atoms with Crippen LogP contribution in [0.1, 0.15) is 20.8 Å². The number of aromatic carboxylic acids is 1. The van der Waals surface area contributed by atoms with Crippen LogP contribution >= 0.6 is 0 Å². The summed E-state index contributed by atoms with van der Waals surface area (Å²) < 4.78 is 5.64. The molecule has 1 aliphatic rings. The zero-order chi connectivity index (χ0) is 16.4. The first-order chi connectivity index (χ1) is 11.0. The highest BCUT2D eigenvalue weighted by atomic mass is 16.5. The van der Waals surface area contributed by atoms with Crippen molar-refractivity contribution in [2.24, 2.45) is 0 Å². The first kappa shape index (κ1) is 15.0. The van der Waals surface area contributed by atoms with E-state index in [-0.39, 0.29) is 24.6 Å². The lowest BCUT2D eigenvalue weighted by Gasteiger charge is -2.17. The van der Waals surface area contributed by atoms with Gasteiger partial charge in [-0.3, -0.25) is 4.79 Å². The molecule has 2 aromatic rings. The van der Waals surface area contributed by atoms with Gasteiger partial charge in [0.2, 0.25) is 0 Å². The monoisotopic (exact) mass is 317 g/mol. The normalized spacial score (nSPS) is 20.5. The Kier molecular flexibility index (Phi) is 3.98. The number of aromatic nitrogens is 2. The van der Waals surface area contributed by atoms with E-state index in [4.69, 9.17) is 9.84 Å². The molecule has 0 spiro atoms. The molecule has 0 radical (unpaired) electrons. The van der Waals surface area contributed by atoms with Crippen molar-refractivity contribution in [1.29, 1.82) is 0 Å². The highest BCUT2D eigenvalue weighted by Gasteiger charge is 2.36. The fourth-order valence-corrected chi connectivity index (χ4v) is 2.46. The van der Waals surface area contributed by atoms with Crippen molar-refractivity contribution in [2.75, 3.05) is 13.1 Å². The van der Waals surface area contributed by atoms with Crippen LogP contribution in [0.3, 0.4) is 0 Å². The van der Waals surface area contributed by atoms with Crippen molar-refractivity contribution in [3.63, 3.8) is 0 Å². The summed E-state index contributed by atoms with van der Waals surface area (Å²) in [6, 6.07) is 6.01. The Hall–Kier alpha value is -2.87. The SMILES string of the molecule is O=C(O)c1cccc(O[C@@H]2CN(C(=O)c3cnc[nH]3)C[C@H]2O)c1. The highest BCUT2D eigenvalue weighted by molar-refractivity contribution is 5.92. The molecule has 1 amide bonds. The maximum absolute atomic E-state index is 12.2. The van der Waals surface area contributed by atoms with Gasteiger partial charge in [0.1, 0.15) is 23.7 Å². The lowest BCUT2D eigenvalue weighted by atomic mass is 10.2. The lowest BCUT2D eigenvalue weighted by Crippen LogP contribution is -2.31. The van der Waals surface area contributed by atoms with E-state index in [1.807, 2.05) is 0 Å². The topological polar surface area (TPSA) is 116 Å². The summed E-state index contributed by atoms with van der Waals surface area (Å²) in [5.74, 6) is -0.991. The van der Waals surface area contributed by atoms with Crippen molar-refractivity contribution in [3.05, 3.63) is 48.0 Å². The molecule has 2 atom stereocenters. The summed E-state index contributed by atoms with van der Waals surface area (Å²) in [5.41, 5.74) is 0.436. The number of rotatable bonds is 4. The number of amides is 1. The molecule has 1 fully saturated rings. The van der Waals surface area contributed by atoms with Gasteiger partial charge in [0, 0.05) is 0 Å². The number of H-pyrrole nitrogens is 1. The van der Waals surface area contributed by atoms with E-state index in [0.29, 0.717) is 11.4 Å². The second-order valence-corrected chi connectivity index (χ2v) is 5.23. The van der Waals surface area contributed by atoms with E-state index in [1.54, 1.807) is 12.1 Å². The van der Waals surface area contributed by atoms with Crippen LogP contribution < -0.4 is 4.74 Å². The van der Waals surface area contributed by atoms with E-state index in [9.17, 15) is 14.7 Å². The number of carboxylic acids is 1. The largest absolute Gasteiger partial charge is 0.486 e. The standard InChI is InChI=1S/C15H15N3O5/c19-12-6-18(14(20)11-5-16-8-17-11)7-13(12)23-10-3-1-2-9(4-10)15(21)22/h1-5,8,12-13,19H,6-7H2,(H,16,17)(H,21,22)/t12-,13-/m1/s1. The average molecular weight is 317 g/mol. The number of hydrogen-bond acceptors (Lipinski definition) is 5. The fourth-order valence-electron chi connectivity index (χ4n) is 2.46. The third kappa shape index (κ3) is 3.16. The van der Waals surface area contributed by atoms with Crippen LogP contribution in [0.5, 0.6) is 5.75 Å². The molecule has 3 rings (SSSR count). The summed E-state index contributed by atoms with van der Waals surface area (Å²) >= 11 is 0. The number of ether oxygens (including phenoxy) is 1. The Bertz CT molecular complexity index is 716. The number of imidazole rings is 1. The van der Waals surface area contributed by atoms with Crippen LogP contribution in [-0.4, -0.2) is 62.3 Å². The molecule has 1 saturated heterocycles. The number of aliphatic hydroxyl groups is 1. The van der Waals surface area contributed by atoms with Gasteiger partial charge in [0.05, 0.1) is 31.2 Å². The van der Waals surface area contributed by atoms with E-state index in [2.05, 4.69) is 9.97 Å². The van der Waals surface area contributed by atoms with Gasteiger partial charge in [0.25, 0.3) is 5.91 Å². The van der Waals surface area contributed by atoms with Gasteiger partial charge in [-0.25, -0.2) is 9.78 Å². The molecule has 8 heteroatoms. The van der Waals surface area contributed by atoms with Crippen LogP contribution in [-0.2, 0) is 0 Å². The summed E-state index contributed by atoms with van der Waals surface area (Å²) in [6.45, 7) is 0.345. The minimum absolute atomic E-state index is 0.0976. The van der Waals surface area contributed by atoms with Gasteiger partial charge in [-0.1, -0.05) is 6.07 Å². The number of nitrogens with zero attached hydrogens (tertiary/aromatic N) is 2. The molecule has 1 aromatic carbocycles. The Morgan fingerprint density at radius 2 is 2.17 bits per heavy atom. The maximum Gasteiger partial charge on any atom is 0.335 e. The zero-order valence-corrected chi connectivity index (χ0v) is 12.0. The van der Waals surface area contributed by atoms with Gasteiger partial charge in [-0.05, 0) is 18.2 Å². The molecule has 0 unspecified atom stereocenters. The summed E-state index contributed by atoms with van der Waals surface area (Å²) in [5, 5.41) is 19.1. The maximum atomic E-state index is 12.2. The molecule has 120 valence electrons. The minimum atomic E-state index is -1.06. The predicted molar refractivity (Wildman–Crippen MR) is 78.3 cm³/mol. The number of likely N-dealkylation sites (tertiary alicyclic amines) is 1. The first-order valence-corrected chi connectivity index (χ1v) is 7.00. The molecule has 1 aromatic heterocycles. The molecule has 0 bridgehead atoms. The summed E-state index contributed by atoms with van der Waals surface area (Å²) in [7, 11) is 0. The smallest absolute Gasteiger partial charge is 0.335 e. The van der Waals surface area contributed by atoms with Crippen LogP contribution in [0.15, 0.2) is 36.8 Å². The fraction of sp³-hybridized carbons (Fsp3) is 0.267. The molecule has 1 aliphatic heterocycles. The number of aromatic amines is 1. The van der Waals surface area contributed by atoms with Gasteiger partial charge in [-0.2, -0.15) is 0 Å². The first-order valence-electron chi connectivity index (χ1n) is 7.00. The molecule has 8 nitrogen and oxygen atoms in total. The van der Waals surface area contributed by atoms with Crippen molar-refractivity contribution in [2.45, 2.75) is 12.2 Å². The van der Waals surface area contributed by atoms with E-state index < -0.39 is 18.2 Å². The van der Waals surface area contributed by atoms with E-state index in [0.717, 1.165) is 0 Å². The van der Waals surface area contributed by atoms with Crippen molar-refractivity contribution < 1.29 is 24.5 Å². The molecular weight excluding hydrogens is 302 g/mol. The third-order valence-electron chi connectivity index (χ3n) is 3.62. The number of carboxylic acid groups (broad SMARTS) is 1. The number of aliphatic hydroxyl groups excluding tert-OH is 1. The zero-order valence-electron chi connectivity index (χ0n) is 12.0. The van der Waals surface area contributed by atoms with Gasteiger partial charge >= 0.3 is 5.97 Å². The van der Waals surface area contributed by atoms with E-state index >= 15 is 0 Å². The second kappa shape index (κ2) is 6.09. The number of benzene rings is 1. The number of nitrogens with one attached hydrogen (secondary N) is 1. The van der Waals surface area contributed by atoms with E-state index in [1.165, 1.54) is 29.6 Å². The quantitative estimate of drug-likeness (QED) is 0.750. The predicted octanol–water partition coefficient (Wildman–Crippen LogP) is 0.372. The van der Waals surface area contributed by atoms with Gasteiger partial charge in [0.15, 0.2) is 0 Å². The van der Waals surface area contributed by atoms with Crippen LogP contribution in [0.2, 0.25) is 0 Å². The lowest BCUT2D eigenvalue weighted by molar-refractivity contribution is 0.0686. The average Bonchev–Trinajstić information content (AvgIpc) is 3.18. The molecule has 2 heterocycles. The number of carbonyl (C=O) groups excluding carboxylic acids is 1. The van der Waals surface area contributed by atoms with Crippen LogP contribution in [0, 0.1) is 0 Å². The number of hydrogen-bond donors (Lipinski definition) is 3. The van der Waals surface area contributed by atoms with Crippen molar-refractivity contribution in [1.82, 2.24) is 14.9 Å². The number of carbonyl (C=O) groups is 2. The van der Waals surface area contributed by atoms with Crippen LogP contribution in [0.4, 0.5) is 0 Å². The van der Waals surface area contributed by atoms with Gasteiger partial charge in [-0.15, -0.1) is 0 Å². The third-order valence-corrected chi connectivity index (χ3v) is 3.62. The Morgan fingerprint density at radius 3 is 2.87 bits per heavy atom.